The molecule has 0 spiro atoms. The van der Waals surface area contributed by atoms with E-state index >= 15 is 0 Å². The first-order valence-corrected chi connectivity index (χ1v) is 9.39. The van der Waals surface area contributed by atoms with Crippen LogP contribution in [0.3, 0.4) is 0 Å². The van der Waals surface area contributed by atoms with Crippen LogP contribution < -0.4 is 5.56 Å². The van der Waals surface area contributed by atoms with E-state index in [4.69, 9.17) is 0 Å². The van der Waals surface area contributed by atoms with Crippen LogP contribution in [0, 0.1) is 5.92 Å². The second-order valence-electron chi connectivity index (χ2n) is 6.72. The number of hydrogen-bond donors (Lipinski definition) is 0. The molecule has 4 rings (SSSR count). The monoisotopic (exact) mass is 317 g/mol. The molecule has 2 aliphatic rings. The molecule has 1 aliphatic carbocycles. The molecule has 0 N–H and O–H groups in total. The second kappa shape index (κ2) is 6.13. The summed E-state index contributed by atoms with van der Waals surface area (Å²) in [6.07, 6.45) is 11.4. The Bertz CT molecular complexity index is 701. The molecule has 118 valence electrons. The molecular weight excluding hydrogens is 294 g/mol. The third kappa shape index (κ3) is 2.72. The first-order chi connectivity index (χ1) is 10.8. The van der Waals surface area contributed by atoms with E-state index in [1.54, 1.807) is 16.7 Å². The van der Waals surface area contributed by atoms with Crippen molar-refractivity contribution in [3.8, 4) is 0 Å². The van der Waals surface area contributed by atoms with Crippen LogP contribution >= 0.6 is 11.3 Å². The molecule has 1 saturated heterocycles. The number of aromatic nitrogens is 2. The second-order valence-corrected chi connectivity index (χ2v) is 7.59. The van der Waals surface area contributed by atoms with Gasteiger partial charge in [0.25, 0.3) is 5.56 Å². The average Bonchev–Trinajstić information content (AvgIpc) is 3.17. The Morgan fingerprint density at radius 1 is 1.18 bits per heavy atom. The quantitative estimate of drug-likeness (QED) is 0.871. The van der Waals surface area contributed by atoms with Gasteiger partial charge in [0.1, 0.15) is 0 Å². The maximum absolute atomic E-state index is 12.1. The van der Waals surface area contributed by atoms with Gasteiger partial charge >= 0.3 is 0 Å². The number of nitrogens with zero attached hydrogens (tertiary/aromatic N) is 3. The van der Waals surface area contributed by atoms with Gasteiger partial charge in [0, 0.05) is 30.2 Å². The third-order valence-electron chi connectivity index (χ3n) is 5.33. The highest BCUT2D eigenvalue weighted by Crippen LogP contribution is 2.34. The zero-order chi connectivity index (χ0) is 14.9. The summed E-state index contributed by atoms with van der Waals surface area (Å²) in [7, 11) is 0. The SMILES string of the molecule is O=c1cc(CN2CCC[C@H]2C2CCCCC2)nc2sccn12. The summed E-state index contributed by atoms with van der Waals surface area (Å²) in [6.45, 7) is 2.00. The fraction of sp³-hybridized carbons (Fsp3) is 0.647. The van der Waals surface area contributed by atoms with Gasteiger partial charge in [-0.3, -0.25) is 14.1 Å². The number of hydrogen-bond acceptors (Lipinski definition) is 4. The van der Waals surface area contributed by atoms with Crippen LogP contribution in [0.2, 0.25) is 0 Å². The highest BCUT2D eigenvalue weighted by atomic mass is 32.1. The van der Waals surface area contributed by atoms with Crippen molar-refractivity contribution < 1.29 is 0 Å². The van der Waals surface area contributed by atoms with Crippen molar-refractivity contribution in [2.75, 3.05) is 6.54 Å². The number of rotatable bonds is 3. The van der Waals surface area contributed by atoms with Gasteiger partial charge in [-0.25, -0.2) is 4.98 Å². The van der Waals surface area contributed by atoms with Crippen LogP contribution in [0.1, 0.15) is 50.6 Å². The molecule has 0 amide bonds. The minimum atomic E-state index is 0.0506. The zero-order valence-electron chi connectivity index (χ0n) is 12.9. The molecule has 5 heteroatoms. The van der Waals surface area contributed by atoms with E-state index in [1.165, 1.54) is 56.3 Å². The Balaban J connectivity index is 1.54. The fourth-order valence-electron chi connectivity index (χ4n) is 4.28. The summed E-state index contributed by atoms with van der Waals surface area (Å²) in [4.78, 5) is 20.2. The summed E-state index contributed by atoms with van der Waals surface area (Å²) in [5.74, 6) is 0.864. The lowest BCUT2D eigenvalue weighted by atomic mass is 9.83. The largest absolute Gasteiger partial charge is 0.294 e. The van der Waals surface area contributed by atoms with Gasteiger partial charge in [-0.2, -0.15) is 0 Å². The smallest absolute Gasteiger partial charge is 0.258 e. The highest BCUT2D eigenvalue weighted by molar-refractivity contribution is 7.15. The summed E-state index contributed by atoms with van der Waals surface area (Å²) in [6, 6.07) is 2.43. The Morgan fingerprint density at radius 2 is 2.05 bits per heavy atom. The van der Waals surface area contributed by atoms with Gasteiger partial charge in [0.05, 0.1) is 5.69 Å². The van der Waals surface area contributed by atoms with Crippen LogP contribution in [-0.4, -0.2) is 26.9 Å². The van der Waals surface area contributed by atoms with Crippen LogP contribution in [-0.2, 0) is 6.54 Å². The van der Waals surface area contributed by atoms with Crippen molar-refractivity contribution in [3.63, 3.8) is 0 Å². The van der Waals surface area contributed by atoms with E-state index in [0.717, 1.165) is 29.7 Å². The number of thiazole rings is 1. The number of fused-ring (bicyclic) bond motifs is 1. The molecule has 1 aliphatic heterocycles. The molecule has 22 heavy (non-hydrogen) atoms. The van der Waals surface area contributed by atoms with Crippen molar-refractivity contribution in [1.29, 1.82) is 0 Å². The van der Waals surface area contributed by atoms with Crippen molar-refractivity contribution in [2.24, 2.45) is 5.92 Å². The molecule has 0 unspecified atom stereocenters. The van der Waals surface area contributed by atoms with Gasteiger partial charge in [-0.15, -0.1) is 11.3 Å². The van der Waals surface area contributed by atoms with E-state index in [0.29, 0.717) is 6.04 Å². The van der Waals surface area contributed by atoms with Gasteiger partial charge in [0.2, 0.25) is 0 Å². The lowest BCUT2D eigenvalue weighted by Gasteiger charge is -2.33. The van der Waals surface area contributed by atoms with E-state index in [1.807, 2.05) is 5.38 Å². The van der Waals surface area contributed by atoms with Crippen LogP contribution in [0.4, 0.5) is 0 Å². The van der Waals surface area contributed by atoms with Crippen molar-refractivity contribution in [2.45, 2.75) is 57.5 Å². The predicted octanol–water partition coefficient (Wildman–Crippen LogP) is 3.30. The lowest BCUT2D eigenvalue weighted by Crippen LogP contribution is -2.36. The van der Waals surface area contributed by atoms with Crippen LogP contribution in [0.5, 0.6) is 0 Å². The molecule has 3 heterocycles. The van der Waals surface area contributed by atoms with Gasteiger partial charge in [-0.05, 0) is 38.1 Å². The minimum absolute atomic E-state index is 0.0506. The summed E-state index contributed by atoms with van der Waals surface area (Å²) in [5.41, 5.74) is 0.991. The fourth-order valence-corrected chi connectivity index (χ4v) is 5.02. The molecule has 0 radical (unpaired) electrons. The molecule has 4 nitrogen and oxygen atoms in total. The van der Waals surface area contributed by atoms with E-state index in [2.05, 4.69) is 9.88 Å². The van der Waals surface area contributed by atoms with Gasteiger partial charge < -0.3 is 0 Å². The van der Waals surface area contributed by atoms with E-state index in [9.17, 15) is 4.79 Å². The molecule has 1 saturated carbocycles. The maximum atomic E-state index is 12.1. The normalized spacial score (nSPS) is 24.3. The highest BCUT2D eigenvalue weighted by Gasteiger charge is 2.32. The molecule has 0 aromatic carbocycles. The van der Waals surface area contributed by atoms with Gasteiger partial charge in [0.15, 0.2) is 4.96 Å². The van der Waals surface area contributed by atoms with Gasteiger partial charge in [-0.1, -0.05) is 19.3 Å². The summed E-state index contributed by atoms with van der Waals surface area (Å²) >= 11 is 1.54. The average molecular weight is 317 g/mol. The summed E-state index contributed by atoms with van der Waals surface area (Å²) < 4.78 is 1.64. The Labute approximate surface area is 134 Å². The lowest BCUT2D eigenvalue weighted by molar-refractivity contribution is 0.150. The molecule has 2 aromatic rings. The molecule has 2 aromatic heterocycles. The van der Waals surface area contributed by atoms with Crippen LogP contribution in [0.15, 0.2) is 22.4 Å². The zero-order valence-corrected chi connectivity index (χ0v) is 13.7. The Kier molecular flexibility index (Phi) is 4.01. The van der Waals surface area contributed by atoms with E-state index < -0.39 is 0 Å². The minimum Gasteiger partial charge on any atom is -0.294 e. The molecule has 1 atom stereocenters. The molecular formula is C17H23N3OS. The van der Waals surface area contributed by atoms with Crippen LogP contribution in [0.25, 0.3) is 4.96 Å². The Morgan fingerprint density at radius 3 is 2.91 bits per heavy atom. The maximum Gasteiger partial charge on any atom is 0.258 e. The van der Waals surface area contributed by atoms with Crippen molar-refractivity contribution in [3.05, 3.63) is 33.7 Å². The third-order valence-corrected chi connectivity index (χ3v) is 6.09. The standard InChI is InChI=1S/C17H23N3OS/c21-16-11-14(18-17-20(16)9-10-22-17)12-19-8-4-7-15(19)13-5-2-1-3-6-13/h9-11,13,15H,1-8,12H2/t15-/m0/s1. The molecule has 2 fully saturated rings. The molecule has 0 bridgehead atoms. The number of likely N-dealkylation sites (tertiary alicyclic amines) is 1. The summed E-state index contributed by atoms with van der Waals surface area (Å²) in [5, 5.41) is 1.92. The topological polar surface area (TPSA) is 37.6 Å². The van der Waals surface area contributed by atoms with Crippen molar-refractivity contribution in [1.82, 2.24) is 14.3 Å². The predicted molar refractivity (Wildman–Crippen MR) is 89.3 cm³/mol. The van der Waals surface area contributed by atoms with E-state index in [-0.39, 0.29) is 5.56 Å². The first kappa shape index (κ1) is 14.4. The van der Waals surface area contributed by atoms with Crippen molar-refractivity contribution >= 4 is 16.3 Å². The first-order valence-electron chi connectivity index (χ1n) is 8.51. The Hall–Kier alpha value is -1.20.